The van der Waals surface area contributed by atoms with Gasteiger partial charge in [-0.3, -0.25) is 9.78 Å². The molecule has 0 unspecified atom stereocenters. The number of pyridine rings is 1. The van der Waals surface area contributed by atoms with Crippen LogP contribution in [0.25, 0.3) is 21.7 Å². The number of carbonyl (C=O) groups is 1. The molecule has 0 aliphatic carbocycles. The second-order valence-electron chi connectivity index (χ2n) is 6.08. The summed E-state index contributed by atoms with van der Waals surface area (Å²) >= 11 is 0. The third-order valence-corrected chi connectivity index (χ3v) is 4.29. The number of rotatable bonds is 4. The largest absolute Gasteiger partial charge is 0.483 e. The molecule has 27 heavy (non-hydrogen) atoms. The third-order valence-electron chi connectivity index (χ3n) is 4.29. The topological polar surface area (TPSA) is 81.4 Å². The average molecular weight is 360 g/mol. The van der Waals surface area contributed by atoms with Crippen molar-refractivity contribution in [3.8, 4) is 5.75 Å². The summed E-state index contributed by atoms with van der Waals surface area (Å²) in [6, 6.07) is 14.4. The minimum absolute atomic E-state index is 0.168. The molecule has 4 rings (SSSR count). The van der Waals surface area contributed by atoms with Crippen LogP contribution in [-0.2, 0) is 4.79 Å². The van der Waals surface area contributed by atoms with E-state index in [0.29, 0.717) is 28.0 Å². The second-order valence-corrected chi connectivity index (χ2v) is 6.08. The number of ether oxygens (including phenoxy) is 1. The van der Waals surface area contributed by atoms with Crippen molar-refractivity contribution in [1.82, 2.24) is 4.98 Å². The van der Waals surface area contributed by atoms with Crippen LogP contribution in [0.1, 0.15) is 5.56 Å². The van der Waals surface area contributed by atoms with E-state index in [1.807, 2.05) is 18.2 Å². The fraction of sp³-hybridized carbons (Fsp3) is 0.0952. The fourth-order valence-corrected chi connectivity index (χ4v) is 2.99. The third kappa shape index (κ3) is 3.25. The Morgan fingerprint density at radius 1 is 1.07 bits per heavy atom. The molecule has 0 aliphatic rings. The molecule has 6 nitrogen and oxygen atoms in total. The molecule has 0 bridgehead atoms. The fourth-order valence-electron chi connectivity index (χ4n) is 2.99. The summed E-state index contributed by atoms with van der Waals surface area (Å²) in [5, 5.41) is 4.89. The summed E-state index contributed by atoms with van der Waals surface area (Å²) in [6.07, 6.45) is 3.18. The Bertz CT molecular complexity index is 1200. The lowest BCUT2D eigenvalue weighted by Gasteiger charge is -2.11. The zero-order valence-electron chi connectivity index (χ0n) is 14.6. The van der Waals surface area contributed by atoms with Gasteiger partial charge in [0, 0.05) is 17.1 Å². The summed E-state index contributed by atoms with van der Waals surface area (Å²) in [5.41, 5.74) is 1.33. The van der Waals surface area contributed by atoms with E-state index >= 15 is 0 Å². The maximum absolute atomic E-state index is 12.2. The minimum atomic E-state index is -0.396. The molecule has 1 amide bonds. The van der Waals surface area contributed by atoms with E-state index in [4.69, 9.17) is 9.15 Å². The highest BCUT2D eigenvalue weighted by Gasteiger charge is 2.13. The Balaban J connectivity index is 1.61. The smallest absolute Gasteiger partial charge is 0.344 e. The molecule has 6 heteroatoms. The number of benzene rings is 2. The van der Waals surface area contributed by atoms with Crippen LogP contribution in [0.5, 0.6) is 5.75 Å². The van der Waals surface area contributed by atoms with Crippen molar-refractivity contribution in [3.63, 3.8) is 0 Å². The van der Waals surface area contributed by atoms with Gasteiger partial charge in [0.15, 0.2) is 6.61 Å². The Labute approximate surface area is 154 Å². The van der Waals surface area contributed by atoms with E-state index in [0.717, 1.165) is 10.8 Å². The van der Waals surface area contributed by atoms with Crippen LogP contribution in [-0.4, -0.2) is 17.5 Å². The first-order chi connectivity index (χ1) is 13.1. The van der Waals surface area contributed by atoms with Gasteiger partial charge in [-0.15, -0.1) is 0 Å². The lowest BCUT2D eigenvalue weighted by molar-refractivity contribution is -0.118. The van der Waals surface area contributed by atoms with Crippen molar-refractivity contribution in [2.45, 2.75) is 6.92 Å². The van der Waals surface area contributed by atoms with Crippen LogP contribution in [0.3, 0.4) is 0 Å². The van der Waals surface area contributed by atoms with Crippen molar-refractivity contribution in [1.29, 1.82) is 0 Å². The normalized spacial score (nSPS) is 10.9. The van der Waals surface area contributed by atoms with E-state index in [-0.39, 0.29) is 12.5 Å². The number of hydrogen-bond acceptors (Lipinski definition) is 5. The van der Waals surface area contributed by atoms with E-state index in [9.17, 15) is 9.59 Å². The van der Waals surface area contributed by atoms with E-state index in [1.54, 1.807) is 49.6 Å². The molecule has 134 valence electrons. The highest BCUT2D eigenvalue weighted by molar-refractivity contribution is 6.05. The molecule has 1 N–H and O–H groups in total. The van der Waals surface area contributed by atoms with Gasteiger partial charge < -0.3 is 14.5 Å². The first kappa shape index (κ1) is 16.8. The number of nitrogens with one attached hydrogen (secondary N) is 1. The average Bonchev–Trinajstić information content (AvgIpc) is 2.69. The Hall–Kier alpha value is -3.67. The number of aromatic nitrogens is 1. The minimum Gasteiger partial charge on any atom is -0.483 e. The maximum Gasteiger partial charge on any atom is 0.344 e. The zero-order chi connectivity index (χ0) is 18.8. The molecule has 0 saturated carbocycles. The first-order valence-corrected chi connectivity index (χ1v) is 8.41. The van der Waals surface area contributed by atoms with Gasteiger partial charge in [0.1, 0.15) is 11.3 Å². The van der Waals surface area contributed by atoms with E-state index in [1.165, 1.54) is 0 Å². The molecular formula is C21H16N2O4. The molecule has 0 spiro atoms. The molecule has 2 aromatic heterocycles. The second kappa shape index (κ2) is 6.92. The highest BCUT2D eigenvalue weighted by atomic mass is 16.5. The summed E-state index contributed by atoms with van der Waals surface area (Å²) < 4.78 is 11.1. The molecule has 0 saturated heterocycles. The van der Waals surface area contributed by atoms with Gasteiger partial charge in [0.05, 0.1) is 17.3 Å². The summed E-state index contributed by atoms with van der Waals surface area (Å²) in [5.74, 6) is 0.185. The van der Waals surface area contributed by atoms with Crippen molar-refractivity contribution < 1.29 is 13.9 Å². The molecule has 2 heterocycles. The number of nitrogens with zero attached hydrogens (tertiary/aromatic N) is 1. The molecule has 2 aromatic carbocycles. The number of hydrogen-bond donors (Lipinski definition) is 1. The predicted octanol–water partition coefficient (Wildman–Crippen LogP) is 3.67. The number of amides is 1. The molecular weight excluding hydrogens is 344 g/mol. The summed E-state index contributed by atoms with van der Waals surface area (Å²) in [4.78, 5) is 28.2. The van der Waals surface area contributed by atoms with Gasteiger partial charge in [0.25, 0.3) is 5.91 Å². The number of fused-ring (bicyclic) bond motifs is 3. The Morgan fingerprint density at radius 2 is 1.89 bits per heavy atom. The van der Waals surface area contributed by atoms with Gasteiger partial charge >= 0.3 is 5.63 Å². The van der Waals surface area contributed by atoms with Gasteiger partial charge in [-0.1, -0.05) is 18.2 Å². The maximum atomic E-state index is 12.2. The Kier molecular flexibility index (Phi) is 4.30. The summed E-state index contributed by atoms with van der Waals surface area (Å²) in [7, 11) is 0. The summed E-state index contributed by atoms with van der Waals surface area (Å²) in [6.45, 7) is 1.63. The lowest BCUT2D eigenvalue weighted by Crippen LogP contribution is -2.20. The van der Waals surface area contributed by atoms with Gasteiger partial charge in [-0.05, 0) is 42.6 Å². The SMILES string of the molecule is Cc1c(OCC(=O)Nc2cccnc2)ccc2c1oc(=O)c1ccccc12. The monoisotopic (exact) mass is 360 g/mol. The van der Waals surface area contributed by atoms with Crippen LogP contribution < -0.4 is 15.7 Å². The zero-order valence-corrected chi connectivity index (χ0v) is 14.6. The molecule has 0 atom stereocenters. The Morgan fingerprint density at radius 3 is 2.67 bits per heavy atom. The number of carbonyl (C=O) groups excluding carboxylic acids is 1. The number of aryl methyl sites for hydroxylation is 1. The van der Waals surface area contributed by atoms with Crippen LogP contribution >= 0.6 is 0 Å². The molecule has 0 fully saturated rings. The van der Waals surface area contributed by atoms with Crippen molar-refractivity contribution in [2.75, 3.05) is 11.9 Å². The molecule has 0 radical (unpaired) electrons. The van der Waals surface area contributed by atoms with Gasteiger partial charge in [0.2, 0.25) is 0 Å². The first-order valence-electron chi connectivity index (χ1n) is 8.41. The van der Waals surface area contributed by atoms with E-state index in [2.05, 4.69) is 10.3 Å². The standard InChI is InChI=1S/C21H16N2O4/c1-13-18(26-12-19(24)23-14-5-4-10-22-11-14)9-8-16-15-6-2-3-7-17(15)21(25)27-20(13)16/h2-11H,12H2,1H3,(H,23,24). The van der Waals surface area contributed by atoms with Crippen LogP contribution in [0.4, 0.5) is 5.69 Å². The number of anilines is 1. The van der Waals surface area contributed by atoms with Crippen LogP contribution in [0, 0.1) is 6.92 Å². The lowest BCUT2D eigenvalue weighted by atomic mass is 10.0. The predicted molar refractivity (Wildman–Crippen MR) is 103 cm³/mol. The van der Waals surface area contributed by atoms with Crippen molar-refractivity contribution in [3.05, 3.63) is 76.9 Å². The van der Waals surface area contributed by atoms with Gasteiger partial charge in [-0.2, -0.15) is 0 Å². The van der Waals surface area contributed by atoms with Crippen LogP contribution in [0.2, 0.25) is 0 Å². The van der Waals surface area contributed by atoms with E-state index < -0.39 is 5.63 Å². The molecule has 4 aromatic rings. The molecule has 0 aliphatic heterocycles. The van der Waals surface area contributed by atoms with Crippen molar-refractivity contribution >= 4 is 33.3 Å². The van der Waals surface area contributed by atoms with Crippen molar-refractivity contribution in [2.24, 2.45) is 0 Å². The quantitative estimate of drug-likeness (QED) is 0.444. The highest BCUT2D eigenvalue weighted by Crippen LogP contribution is 2.30. The van der Waals surface area contributed by atoms with Crippen LogP contribution in [0.15, 0.2) is 70.1 Å². The van der Waals surface area contributed by atoms with Gasteiger partial charge in [-0.25, -0.2) is 4.79 Å².